The molecule has 1 N–H and O–H groups in total. The SMILES string of the molecule is O=C(CCc1nc(-c2ccccc2)no1)Nc1ccc(Cl)cc1. The number of hydrogen-bond acceptors (Lipinski definition) is 4. The Kier molecular flexibility index (Phi) is 4.68. The Bertz CT molecular complexity index is 785. The van der Waals surface area contributed by atoms with Crippen molar-refractivity contribution >= 4 is 23.2 Å². The van der Waals surface area contributed by atoms with E-state index in [2.05, 4.69) is 15.5 Å². The molecule has 116 valence electrons. The van der Waals surface area contributed by atoms with Crippen molar-refractivity contribution in [1.82, 2.24) is 10.1 Å². The molecule has 0 radical (unpaired) electrons. The zero-order chi connectivity index (χ0) is 16.1. The quantitative estimate of drug-likeness (QED) is 0.770. The molecule has 0 fully saturated rings. The van der Waals surface area contributed by atoms with Crippen molar-refractivity contribution in [3.63, 3.8) is 0 Å². The molecule has 0 aliphatic carbocycles. The first-order chi connectivity index (χ1) is 11.2. The maximum Gasteiger partial charge on any atom is 0.227 e. The first-order valence-corrected chi connectivity index (χ1v) is 7.52. The van der Waals surface area contributed by atoms with E-state index in [1.165, 1.54) is 0 Å². The normalized spacial score (nSPS) is 10.5. The zero-order valence-electron chi connectivity index (χ0n) is 12.2. The number of halogens is 1. The summed E-state index contributed by atoms with van der Waals surface area (Å²) >= 11 is 5.80. The van der Waals surface area contributed by atoms with Gasteiger partial charge in [0.05, 0.1) is 0 Å². The number of carbonyl (C=O) groups is 1. The van der Waals surface area contributed by atoms with Crippen molar-refractivity contribution in [3.05, 3.63) is 65.5 Å². The molecule has 1 aromatic heterocycles. The van der Waals surface area contributed by atoms with E-state index in [-0.39, 0.29) is 12.3 Å². The number of nitrogens with zero attached hydrogens (tertiary/aromatic N) is 2. The lowest BCUT2D eigenvalue weighted by Crippen LogP contribution is -2.12. The fraction of sp³-hybridized carbons (Fsp3) is 0.118. The van der Waals surface area contributed by atoms with Crippen LogP contribution in [0.4, 0.5) is 5.69 Å². The van der Waals surface area contributed by atoms with E-state index >= 15 is 0 Å². The van der Waals surface area contributed by atoms with Crippen molar-refractivity contribution in [2.45, 2.75) is 12.8 Å². The number of benzene rings is 2. The maximum absolute atomic E-state index is 11.9. The first-order valence-electron chi connectivity index (χ1n) is 7.14. The summed E-state index contributed by atoms with van der Waals surface area (Å²) in [6, 6.07) is 16.5. The Morgan fingerprint density at radius 1 is 1.09 bits per heavy atom. The van der Waals surface area contributed by atoms with Gasteiger partial charge >= 0.3 is 0 Å². The predicted octanol–water partition coefficient (Wildman–Crippen LogP) is 3.96. The molecule has 1 amide bonds. The Hall–Kier alpha value is -2.66. The van der Waals surface area contributed by atoms with Crippen LogP contribution < -0.4 is 5.32 Å². The number of carbonyl (C=O) groups excluding carboxylic acids is 1. The van der Waals surface area contributed by atoms with Gasteiger partial charge in [-0.05, 0) is 24.3 Å². The molecule has 2 aromatic carbocycles. The molecule has 0 saturated carbocycles. The largest absolute Gasteiger partial charge is 0.339 e. The van der Waals surface area contributed by atoms with Crippen molar-refractivity contribution in [1.29, 1.82) is 0 Å². The van der Waals surface area contributed by atoms with Crippen LogP contribution in [0.2, 0.25) is 5.02 Å². The average Bonchev–Trinajstić information content (AvgIpc) is 3.05. The Morgan fingerprint density at radius 3 is 2.57 bits per heavy atom. The molecular weight excluding hydrogens is 314 g/mol. The molecule has 5 nitrogen and oxygen atoms in total. The lowest BCUT2D eigenvalue weighted by Gasteiger charge is -2.03. The number of aryl methyl sites for hydroxylation is 1. The van der Waals surface area contributed by atoms with Crippen molar-refractivity contribution in [3.8, 4) is 11.4 Å². The Labute approximate surface area is 138 Å². The zero-order valence-corrected chi connectivity index (χ0v) is 13.0. The third kappa shape index (κ3) is 4.17. The van der Waals surface area contributed by atoms with E-state index in [1.807, 2.05) is 30.3 Å². The highest BCUT2D eigenvalue weighted by Crippen LogP contribution is 2.16. The minimum Gasteiger partial charge on any atom is -0.339 e. The number of rotatable bonds is 5. The molecule has 0 spiro atoms. The van der Waals surface area contributed by atoms with Gasteiger partial charge in [-0.3, -0.25) is 4.79 Å². The summed E-state index contributed by atoms with van der Waals surface area (Å²) in [6.07, 6.45) is 0.651. The third-order valence-corrected chi connectivity index (χ3v) is 3.45. The maximum atomic E-state index is 11.9. The molecule has 1 heterocycles. The molecule has 0 saturated heterocycles. The first kappa shape index (κ1) is 15.2. The van der Waals surface area contributed by atoms with E-state index in [0.29, 0.717) is 28.8 Å². The lowest BCUT2D eigenvalue weighted by molar-refractivity contribution is -0.116. The number of nitrogens with one attached hydrogen (secondary N) is 1. The van der Waals surface area contributed by atoms with Crippen LogP contribution >= 0.6 is 11.6 Å². The van der Waals surface area contributed by atoms with Gasteiger partial charge in [0.15, 0.2) is 0 Å². The Morgan fingerprint density at radius 2 is 1.83 bits per heavy atom. The van der Waals surface area contributed by atoms with Crippen molar-refractivity contribution in [2.24, 2.45) is 0 Å². The van der Waals surface area contributed by atoms with Crippen LogP contribution in [0.3, 0.4) is 0 Å². The monoisotopic (exact) mass is 327 g/mol. The van der Waals surface area contributed by atoms with Crippen molar-refractivity contribution in [2.75, 3.05) is 5.32 Å². The molecule has 3 rings (SSSR count). The molecule has 3 aromatic rings. The summed E-state index contributed by atoms with van der Waals surface area (Å²) < 4.78 is 5.18. The highest BCUT2D eigenvalue weighted by atomic mass is 35.5. The van der Waals surface area contributed by atoms with Gasteiger partial charge in [-0.2, -0.15) is 4.98 Å². The summed E-state index contributed by atoms with van der Waals surface area (Å²) in [4.78, 5) is 16.2. The van der Waals surface area contributed by atoms with E-state index in [0.717, 1.165) is 5.56 Å². The number of amides is 1. The van der Waals surface area contributed by atoms with Crippen LogP contribution in [0, 0.1) is 0 Å². The lowest BCUT2D eigenvalue weighted by atomic mass is 10.2. The summed E-state index contributed by atoms with van der Waals surface area (Å²) in [7, 11) is 0. The minimum atomic E-state index is -0.119. The predicted molar refractivity (Wildman–Crippen MR) is 88.1 cm³/mol. The van der Waals surface area contributed by atoms with Crippen LogP contribution in [0.25, 0.3) is 11.4 Å². The fourth-order valence-electron chi connectivity index (χ4n) is 2.04. The smallest absolute Gasteiger partial charge is 0.227 e. The van der Waals surface area contributed by atoms with Gasteiger partial charge in [-0.1, -0.05) is 47.1 Å². The standard InChI is InChI=1S/C17H14ClN3O2/c18-13-6-8-14(9-7-13)19-15(22)10-11-16-20-17(21-23-16)12-4-2-1-3-5-12/h1-9H,10-11H2,(H,19,22). The van der Waals surface area contributed by atoms with Gasteiger partial charge in [-0.15, -0.1) is 0 Å². The van der Waals surface area contributed by atoms with Crippen LogP contribution in [-0.4, -0.2) is 16.0 Å². The van der Waals surface area contributed by atoms with E-state index in [9.17, 15) is 4.79 Å². The summed E-state index contributed by atoms with van der Waals surface area (Å²) in [5, 5.41) is 7.34. The highest BCUT2D eigenvalue weighted by molar-refractivity contribution is 6.30. The van der Waals surface area contributed by atoms with E-state index in [4.69, 9.17) is 16.1 Å². The fourth-order valence-corrected chi connectivity index (χ4v) is 2.16. The highest BCUT2D eigenvalue weighted by Gasteiger charge is 2.10. The molecule has 6 heteroatoms. The molecule has 0 bridgehead atoms. The molecule has 0 unspecified atom stereocenters. The molecule has 0 atom stereocenters. The summed E-state index contributed by atoms with van der Waals surface area (Å²) in [5.74, 6) is 0.848. The average molecular weight is 328 g/mol. The molecule has 23 heavy (non-hydrogen) atoms. The van der Waals surface area contributed by atoms with Crippen LogP contribution in [0.5, 0.6) is 0 Å². The van der Waals surface area contributed by atoms with E-state index in [1.54, 1.807) is 24.3 Å². The molecule has 0 aliphatic heterocycles. The summed E-state index contributed by atoms with van der Waals surface area (Å²) in [6.45, 7) is 0. The number of anilines is 1. The summed E-state index contributed by atoms with van der Waals surface area (Å²) in [5.41, 5.74) is 1.59. The van der Waals surface area contributed by atoms with Gasteiger partial charge in [0.2, 0.25) is 17.6 Å². The second-order valence-corrected chi connectivity index (χ2v) is 5.37. The Balaban J connectivity index is 1.55. The topological polar surface area (TPSA) is 68.0 Å². The second kappa shape index (κ2) is 7.07. The second-order valence-electron chi connectivity index (χ2n) is 4.93. The van der Waals surface area contributed by atoms with Gasteiger partial charge in [0, 0.05) is 29.1 Å². The van der Waals surface area contributed by atoms with Crippen LogP contribution in [0.15, 0.2) is 59.1 Å². The van der Waals surface area contributed by atoms with E-state index < -0.39 is 0 Å². The minimum absolute atomic E-state index is 0.119. The van der Waals surface area contributed by atoms with Crippen LogP contribution in [-0.2, 0) is 11.2 Å². The van der Waals surface area contributed by atoms with Gasteiger partial charge < -0.3 is 9.84 Å². The van der Waals surface area contributed by atoms with Gasteiger partial charge in [0.1, 0.15) is 0 Å². The molecule has 0 aliphatic rings. The number of aromatic nitrogens is 2. The third-order valence-electron chi connectivity index (χ3n) is 3.19. The van der Waals surface area contributed by atoms with Crippen molar-refractivity contribution < 1.29 is 9.32 Å². The van der Waals surface area contributed by atoms with Crippen LogP contribution in [0.1, 0.15) is 12.3 Å². The van der Waals surface area contributed by atoms with Gasteiger partial charge in [0.25, 0.3) is 0 Å². The number of hydrogen-bond donors (Lipinski definition) is 1. The molecular formula is C17H14ClN3O2. The van der Waals surface area contributed by atoms with Gasteiger partial charge in [-0.25, -0.2) is 0 Å².